The Morgan fingerprint density at radius 1 is 1.32 bits per heavy atom. The molecule has 0 amide bonds. The minimum atomic E-state index is -3.76. The van der Waals surface area contributed by atoms with Crippen molar-refractivity contribution in [3.63, 3.8) is 0 Å². The molecule has 0 aromatic heterocycles. The van der Waals surface area contributed by atoms with Gasteiger partial charge in [-0.3, -0.25) is 4.79 Å². The molecule has 8 heteroatoms. The SMILES string of the molecule is CCN(CCC(=O)O)S(=O)(=O)c1ccc(Cl)c(Cl)c1. The molecule has 0 spiro atoms. The quantitative estimate of drug-likeness (QED) is 0.871. The molecule has 1 rings (SSSR count). The summed E-state index contributed by atoms with van der Waals surface area (Å²) in [6.45, 7) is 1.72. The van der Waals surface area contributed by atoms with Crippen LogP contribution in [-0.4, -0.2) is 36.9 Å². The molecular weight excluding hydrogens is 313 g/mol. The number of benzene rings is 1. The van der Waals surface area contributed by atoms with Crippen molar-refractivity contribution in [3.8, 4) is 0 Å². The fourth-order valence-electron chi connectivity index (χ4n) is 1.45. The van der Waals surface area contributed by atoms with Crippen LogP contribution in [0.4, 0.5) is 0 Å². The number of aliphatic carboxylic acids is 1. The third kappa shape index (κ3) is 4.07. The van der Waals surface area contributed by atoms with Gasteiger partial charge >= 0.3 is 5.97 Å². The number of halogens is 2. The molecule has 0 unspecified atom stereocenters. The van der Waals surface area contributed by atoms with E-state index in [1.54, 1.807) is 6.92 Å². The Morgan fingerprint density at radius 3 is 2.42 bits per heavy atom. The minimum absolute atomic E-state index is 0.00543. The molecule has 0 radical (unpaired) electrons. The maximum Gasteiger partial charge on any atom is 0.304 e. The van der Waals surface area contributed by atoms with Gasteiger partial charge in [0.2, 0.25) is 10.0 Å². The standard InChI is InChI=1S/C11H13Cl2NO4S/c1-2-14(6-5-11(15)16)19(17,18)8-3-4-9(12)10(13)7-8/h3-4,7H,2,5-6H2,1H3,(H,15,16). The van der Waals surface area contributed by atoms with Crippen molar-refractivity contribution in [2.75, 3.05) is 13.1 Å². The largest absolute Gasteiger partial charge is 0.481 e. The van der Waals surface area contributed by atoms with Crippen LogP contribution in [-0.2, 0) is 14.8 Å². The topological polar surface area (TPSA) is 74.7 Å². The fourth-order valence-corrected chi connectivity index (χ4v) is 3.29. The summed E-state index contributed by atoms with van der Waals surface area (Å²) < 4.78 is 25.6. The number of hydrogen-bond donors (Lipinski definition) is 1. The van der Waals surface area contributed by atoms with E-state index in [1.807, 2.05) is 0 Å². The van der Waals surface area contributed by atoms with Crippen LogP contribution in [0, 0.1) is 0 Å². The van der Waals surface area contributed by atoms with Crippen molar-refractivity contribution < 1.29 is 18.3 Å². The maximum absolute atomic E-state index is 12.3. The van der Waals surface area contributed by atoms with E-state index in [2.05, 4.69) is 0 Å². The smallest absolute Gasteiger partial charge is 0.304 e. The number of carbonyl (C=O) groups is 1. The highest BCUT2D eigenvalue weighted by atomic mass is 35.5. The Bertz CT molecular complexity index is 574. The highest BCUT2D eigenvalue weighted by Gasteiger charge is 2.24. The number of rotatable bonds is 6. The van der Waals surface area contributed by atoms with Crippen LogP contribution < -0.4 is 0 Å². The normalized spacial score (nSPS) is 11.8. The first-order valence-corrected chi connectivity index (χ1v) is 7.65. The highest BCUT2D eigenvalue weighted by Crippen LogP contribution is 2.26. The van der Waals surface area contributed by atoms with Gasteiger partial charge in [0.05, 0.1) is 21.4 Å². The summed E-state index contributed by atoms with van der Waals surface area (Å²) in [7, 11) is -3.76. The summed E-state index contributed by atoms with van der Waals surface area (Å²) in [6, 6.07) is 3.98. The second kappa shape index (κ2) is 6.56. The Kier molecular flexibility index (Phi) is 5.61. The second-order valence-corrected chi connectivity index (χ2v) is 6.47. The lowest BCUT2D eigenvalue weighted by molar-refractivity contribution is -0.137. The fraction of sp³-hybridized carbons (Fsp3) is 0.364. The van der Waals surface area contributed by atoms with Crippen molar-refractivity contribution in [2.45, 2.75) is 18.2 Å². The van der Waals surface area contributed by atoms with Crippen molar-refractivity contribution in [2.24, 2.45) is 0 Å². The first-order valence-electron chi connectivity index (χ1n) is 5.46. The zero-order chi connectivity index (χ0) is 14.6. The minimum Gasteiger partial charge on any atom is -0.481 e. The maximum atomic E-state index is 12.3. The summed E-state index contributed by atoms with van der Waals surface area (Å²) in [5.74, 6) is -1.05. The Labute approximate surface area is 121 Å². The molecule has 0 aliphatic carbocycles. The predicted octanol–water partition coefficient (Wildman–Crippen LogP) is 2.48. The number of hydrogen-bond acceptors (Lipinski definition) is 3. The van der Waals surface area contributed by atoms with Gasteiger partial charge < -0.3 is 5.11 Å². The molecule has 0 atom stereocenters. The zero-order valence-electron chi connectivity index (χ0n) is 10.1. The van der Waals surface area contributed by atoms with Gasteiger partial charge in [0.25, 0.3) is 0 Å². The molecule has 0 saturated carbocycles. The van der Waals surface area contributed by atoms with Crippen molar-refractivity contribution >= 4 is 39.2 Å². The molecule has 5 nitrogen and oxygen atoms in total. The molecule has 106 valence electrons. The average molecular weight is 326 g/mol. The van der Waals surface area contributed by atoms with Gasteiger partial charge in [0, 0.05) is 13.1 Å². The molecule has 0 heterocycles. The van der Waals surface area contributed by atoms with E-state index >= 15 is 0 Å². The van der Waals surface area contributed by atoms with Gasteiger partial charge in [-0.1, -0.05) is 30.1 Å². The van der Waals surface area contributed by atoms with Gasteiger partial charge in [-0.15, -0.1) is 0 Å². The summed E-state index contributed by atoms with van der Waals surface area (Å²) in [4.78, 5) is 10.5. The van der Waals surface area contributed by atoms with Crippen LogP contribution in [0.25, 0.3) is 0 Å². The lowest BCUT2D eigenvalue weighted by Crippen LogP contribution is -2.32. The van der Waals surface area contributed by atoms with E-state index in [0.717, 1.165) is 4.31 Å². The Balaban J connectivity index is 3.06. The molecule has 19 heavy (non-hydrogen) atoms. The number of carboxylic acid groups (broad SMARTS) is 1. The number of nitrogens with zero attached hydrogens (tertiary/aromatic N) is 1. The lowest BCUT2D eigenvalue weighted by atomic mass is 10.4. The molecule has 1 aromatic rings. The molecule has 1 aromatic carbocycles. The van der Waals surface area contributed by atoms with Gasteiger partial charge in [-0.25, -0.2) is 8.42 Å². The van der Waals surface area contributed by atoms with E-state index in [-0.39, 0.29) is 34.5 Å². The number of carboxylic acids is 1. The third-order valence-corrected chi connectivity index (χ3v) is 5.17. The van der Waals surface area contributed by atoms with E-state index in [1.165, 1.54) is 18.2 Å². The molecule has 0 bridgehead atoms. The Hall–Kier alpha value is -0.820. The van der Waals surface area contributed by atoms with E-state index in [9.17, 15) is 13.2 Å². The number of sulfonamides is 1. The average Bonchev–Trinajstić information content (AvgIpc) is 2.32. The van der Waals surface area contributed by atoms with Crippen molar-refractivity contribution in [3.05, 3.63) is 28.2 Å². The van der Waals surface area contributed by atoms with E-state index < -0.39 is 16.0 Å². The molecule has 0 aliphatic rings. The highest BCUT2D eigenvalue weighted by molar-refractivity contribution is 7.89. The van der Waals surface area contributed by atoms with Crippen LogP contribution in [0.3, 0.4) is 0 Å². The molecule has 0 fully saturated rings. The van der Waals surface area contributed by atoms with Crippen molar-refractivity contribution in [1.82, 2.24) is 4.31 Å². The summed E-state index contributed by atoms with van der Waals surface area (Å²) in [5.41, 5.74) is 0. The first kappa shape index (κ1) is 16.2. The third-order valence-electron chi connectivity index (χ3n) is 2.46. The van der Waals surface area contributed by atoms with Gasteiger partial charge in [-0.05, 0) is 18.2 Å². The molecular formula is C11H13Cl2NO4S. The first-order chi connectivity index (χ1) is 8.78. The summed E-state index contributed by atoms with van der Waals surface area (Å²) in [5, 5.41) is 9.01. The summed E-state index contributed by atoms with van der Waals surface area (Å²) >= 11 is 11.5. The van der Waals surface area contributed by atoms with E-state index in [0.29, 0.717) is 0 Å². The molecule has 1 N–H and O–H groups in total. The lowest BCUT2D eigenvalue weighted by Gasteiger charge is -2.19. The molecule has 0 saturated heterocycles. The van der Waals surface area contributed by atoms with Crippen LogP contribution in [0.15, 0.2) is 23.1 Å². The van der Waals surface area contributed by atoms with Crippen molar-refractivity contribution in [1.29, 1.82) is 0 Å². The van der Waals surface area contributed by atoms with Crippen LogP contribution in [0.2, 0.25) is 10.0 Å². The predicted molar refractivity (Wildman–Crippen MR) is 73.1 cm³/mol. The zero-order valence-corrected chi connectivity index (χ0v) is 12.5. The van der Waals surface area contributed by atoms with Gasteiger partial charge in [-0.2, -0.15) is 4.31 Å². The van der Waals surface area contributed by atoms with Gasteiger partial charge in [0.1, 0.15) is 0 Å². The molecule has 0 aliphatic heterocycles. The Morgan fingerprint density at radius 2 is 1.95 bits per heavy atom. The monoisotopic (exact) mass is 325 g/mol. The van der Waals surface area contributed by atoms with Crippen LogP contribution >= 0.6 is 23.2 Å². The van der Waals surface area contributed by atoms with Crippen LogP contribution in [0.5, 0.6) is 0 Å². The summed E-state index contributed by atoms with van der Waals surface area (Å²) in [6.07, 6.45) is -0.256. The van der Waals surface area contributed by atoms with Gasteiger partial charge in [0.15, 0.2) is 0 Å². The second-order valence-electron chi connectivity index (χ2n) is 3.72. The van der Waals surface area contributed by atoms with E-state index in [4.69, 9.17) is 28.3 Å². The van der Waals surface area contributed by atoms with Crippen LogP contribution in [0.1, 0.15) is 13.3 Å².